The zero-order valence-corrected chi connectivity index (χ0v) is 11.2. The lowest BCUT2D eigenvalue weighted by molar-refractivity contribution is -0.136. The van der Waals surface area contributed by atoms with Crippen LogP contribution >= 0.6 is 0 Å². The Morgan fingerprint density at radius 1 is 1.10 bits per heavy atom. The first-order chi connectivity index (χ1) is 9.78. The summed E-state index contributed by atoms with van der Waals surface area (Å²) >= 11 is 0. The Bertz CT molecular complexity index is 639. The average molecular weight is 265 g/mol. The minimum Gasteiger partial charge on any atom is -0.456 e. The molecule has 0 aromatic heterocycles. The summed E-state index contributed by atoms with van der Waals surface area (Å²) in [6.07, 6.45) is 0. The number of hydrogen-bond acceptors (Lipinski definition) is 3. The van der Waals surface area contributed by atoms with Crippen LogP contribution in [0.3, 0.4) is 0 Å². The van der Waals surface area contributed by atoms with Crippen molar-refractivity contribution < 1.29 is 9.53 Å². The second-order valence-electron chi connectivity index (χ2n) is 4.04. The van der Waals surface area contributed by atoms with Crippen molar-refractivity contribution in [3.8, 4) is 11.8 Å². The number of benzene rings is 2. The normalized spacial score (nSPS) is 9.25. The molecule has 100 valence electrons. The van der Waals surface area contributed by atoms with Gasteiger partial charge in [0.05, 0.1) is 6.61 Å². The van der Waals surface area contributed by atoms with E-state index in [4.69, 9.17) is 4.74 Å². The Morgan fingerprint density at radius 3 is 2.60 bits per heavy atom. The molecule has 0 aliphatic rings. The van der Waals surface area contributed by atoms with Crippen LogP contribution in [0.15, 0.2) is 54.6 Å². The van der Waals surface area contributed by atoms with Gasteiger partial charge < -0.3 is 10.1 Å². The van der Waals surface area contributed by atoms with Crippen molar-refractivity contribution in [1.82, 2.24) is 0 Å². The fourth-order valence-corrected chi connectivity index (χ4v) is 1.65. The summed E-state index contributed by atoms with van der Waals surface area (Å²) in [5.74, 6) is 4.74. The first-order valence-corrected chi connectivity index (χ1v) is 6.39. The van der Waals surface area contributed by atoms with E-state index < -0.39 is 5.97 Å². The van der Waals surface area contributed by atoms with Crippen LogP contribution in [0, 0.1) is 11.8 Å². The van der Waals surface area contributed by atoms with Crippen molar-refractivity contribution in [1.29, 1.82) is 0 Å². The van der Waals surface area contributed by atoms with Gasteiger partial charge in [0.15, 0.2) is 0 Å². The number of esters is 1. The van der Waals surface area contributed by atoms with Crippen molar-refractivity contribution in [2.24, 2.45) is 0 Å². The molecule has 0 fully saturated rings. The maximum atomic E-state index is 11.2. The Labute approximate surface area is 118 Å². The third kappa shape index (κ3) is 4.18. The highest BCUT2D eigenvalue weighted by Crippen LogP contribution is 2.16. The molecular formula is C17H15NO2. The zero-order valence-electron chi connectivity index (χ0n) is 11.2. The number of carbonyl (C=O) groups excluding carboxylic acids is 1. The average Bonchev–Trinajstić information content (AvgIpc) is 2.47. The molecule has 0 aliphatic carbocycles. The zero-order chi connectivity index (χ0) is 14.2. The second kappa shape index (κ2) is 7.01. The Hall–Kier alpha value is -2.73. The molecule has 0 unspecified atom stereocenters. The first kappa shape index (κ1) is 13.7. The van der Waals surface area contributed by atoms with Crippen molar-refractivity contribution >= 4 is 17.3 Å². The summed E-state index contributed by atoms with van der Waals surface area (Å²) < 4.78 is 4.76. The molecule has 2 rings (SSSR count). The molecule has 0 amide bonds. The summed E-state index contributed by atoms with van der Waals surface area (Å²) in [6.45, 7) is 2.09. The van der Waals surface area contributed by atoms with E-state index in [1.165, 1.54) is 0 Å². The van der Waals surface area contributed by atoms with Gasteiger partial charge in [-0.05, 0) is 37.3 Å². The number of anilines is 2. The summed E-state index contributed by atoms with van der Waals surface area (Å²) in [4.78, 5) is 11.2. The Morgan fingerprint density at radius 2 is 1.85 bits per heavy atom. The van der Waals surface area contributed by atoms with Gasteiger partial charge in [0, 0.05) is 22.9 Å². The van der Waals surface area contributed by atoms with E-state index >= 15 is 0 Å². The lowest BCUT2D eigenvalue weighted by Gasteiger charge is -2.06. The quantitative estimate of drug-likeness (QED) is 0.683. The van der Waals surface area contributed by atoms with E-state index in [0.29, 0.717) is 6.61 Å². The fraction of sp³-hybridized carbons (Fsp3) is 0.118. The van der Waals surface area contributed by atoms with E-state index in [-0.39, 0.29) is 0 Å². The molecule has 0 saturated heterocycles. The molecule has 0 saturated carbocycles. The summed E-state index contributed by atoms with van der Waals surface area (Å²) in [5, 5.41) is 3.27. The smallest absolute Gasteiger partial charge is 0.384 e. The van der Waals surface area contributed by atoms with Crippen LogP contribution < -0.4 is 5.32 Å². The topological polar surface area (TPSA) is 38.3 Å². The van der Waals surface area contributed by atoms with Crippen LogP contribution in [0.4, 0.5) is 11.4 Å². The maximum Gasteiger partial charge on any atom is 0.384 e. The molecule has 1 N–H and O–H groups in total. The van der Waals surface area contributed by atoms with Crippen LogP contribution in [0.2, 0.25) is 0 Å². The van der Waals surface area contributed by atoms with Gasteiger partial charge in [-0.2, -0.15) is 0 Å². The standard InChI is InChI=1S/C17H15NO2/c1-2-20-17(19)12-11-14-7-6-10-16(13-14)18-15-8-4-3-5-9-15/h3-10,13,18H,2H2,1H3. The van der Waals surface area contributed by atoms with Gasteiger partial charge in [-0.1, -0.05) is 30.2 Å². The van der Waals surface area contributed by atoms with Crippen LogP contribution in [0.5, 0.6) is 0 Å². The van der Waals surface area contributed by atoms with Crippen molar-refractivity contribution in [2.75, 3.05) is 11.9 Å². The van der Waals surface area contributed by atoms with Gasteiger partial charge >= 0.3 is 5.97 Å². The molecule has 0 bridgehead atoms. The van der Waals surface area contributed by atoms with Gasteiger partial charge in [-0.25, -0.2) is 4.79 Å². The molecule has 0 radical (unpaired) electrons. The molecular weight excluding hydrogens is 250 g/mol. The minimum absolute atomic E-state index is 0.336. The molecule has 0 heterocycles. The highest BCUT2D eigenvalue weighted by Gasteiger charge is 1.96. The molecule has 0 spiro atoms. The molecule has 2 aromatic carbocycles. The molecule has 0 atom stereocenters. The van der Waals surface area contributed by atoms with Crippen LogP contribution in [-0.2, 0) is 9.53 Å². The van der Waals surface area contributed by atoms with Crippen LogP contribution in [0.1, 0.15) is 12.5 Å². The van der Waals surface area contributed by atoms with E-state index in [0.717, 1.165) is 16.9 Å². The number of hydrogen-bond donors (Lipinski definition) is 1. The summed E-state index contributed by atoms with van der Waals surface area (Å²) in [5.41, 5.74) is 2.69. The van der Waals surface area contributed by atoms with E-state index in [9.17, 15) is 4.79 Å². The molecule has 3 nitrogen and oxygen atoms in total. The second-order valence-corrected chi connectivity index (χ2v) is 4.04. The number of para-hydroxylation sites is 1. The summed E-state index contributed by atoms with van der Waals surface area (Å²) in [6, 6.07) is 17.4. The maximum absolute atomic E-state index is 11.2. The fourth-order valence-electron chi connectivity index (χ4n) is 1.65. The van der Waals surface area contributed by atoms with E-state index in [1.54, 1.807) is 6.92 Å². The third-order valence-electron chi connectivity index (χ3n) is 2.51. The van der Waals surface area contributed by atoms with Crippen molar-refractivity contribution in [3.05, 3.63) is 60.2 Å². The van der Waals surface area contributed by atoms with Gasteiger partial charge in [0.2, 0.25) is 0 Å². The number of carbonyl (C=O) groups is 1. The van der Waals surface area contributed by atoms with Gasteiger partial charge in [-0.15, -0.1) is 0 Å². The Balaban J connectivity index is 2.10. The minimum atomic E-state index is -0.506. The molecule has 2 aromatic rings. The summed E-state index contributed by atoms with van der Waals surface area (Å²) in [7, 11) is 0. The van der Waals surface area contributed by atoms with Gasteiger partial charge in [-0.3, -0.25) is 0 Å². The largest absolute Gasteiger partial charge is 0.456 e. The van der Waals surface area contributed by atoms with E-state index in [1.807, 2.05) is 54.6 Å². The van der Waals surface area contributed by atoms with Crippen LogP contribution in [-0.4, -0.2) is 12.6 Å². The molecule has 3 heteroatoms. The monoisotopic (exact) mass is 265 g/mol. The van der Waals surface area contributed by atoms with Crippen LogP contribution in [0.25, 0.3) is 0 Å². The van der Waals surface area contributed by atoms with Gasteiger partial charge in [0.1, 0.15) is 0 Å². The predicted molar refractivity (Wildman–Crippen MR) is 79.7 cm³/mol. The highest BCUT2D eigenvalue weighted by molar-refractivity contribution is 5.89. The third-order valence-corrected chi connectivity index (χ3v) is 2.51. The lowest BCUT2D eigenvalue weighted by atomic mass is 10.2. The number of rotatable bonds is 3. The SMILES string of the molecule is CCOC(=O)C#Cc1cccc(Nc2ccccc2)c1. The molecule has 0 aliphatic heterocycles. The number of ether oxygens (including phenoxy) is 1. The first-order valence-electron chi connectivity index (χ1n) is 6.39. The highest BCUT2D eigenvalue weighted by atomic mass is 16.5. The Kier molecular flexibility index (Phi) is 4.80. The lowest BCUT2D eigenvalue weighted by Crippen LogP contribution is -1.99. The predicted octanol–water partition coefficient (Wildman–Crippen LogP) is 3.34. The van der Waals surface area contributed by atoms with Crippen molar-refractivity contribution in [3.63, 3.8) is 0 Å². The van der Waals surface area contributed by atoms with E-state index in [2.05, 4.69) is 17.2 Å². The molecule has 20 heavy (non-hydrogen) atoms. The number of nitrogens with one attached hydrogen (secondary N) is 1. The van der Waals surface area contributed by atoms with Crippen molar-refractivity contribution in [2.45, 2.75) is 6.92 Å². The van der Waals surface area contributed by atoms with Gasteiger partial charge in [0.25, 0.3) is 0 Å².